The number of hydrogen-bond acceptors (Lipinski definition) is 7. The van der Waals surface area contributed by atoms with E-state index in [2.05, 4.69) is 20.8 Å². The van der Waals surface area contributed by atoms with E-state index in [1.165, 1.54) is 30.3 Å². The molecule has 0 bridgehead atoms. The van der Waals surface area contributed by atoms with Gasteiger partial charge in [-0.2, -0.15) is 17.9 Å². The quantitative estimate of drug-likeness (QED) is 0.337. The third kappa shape index (κ3) is 4.86. The Morgan fingerprint density at radius 1 is 1.27 bits per heavy atom. The second-order valence-corrected chi connectivity index (χ2v) is 7.00. The first-order valence-corrected chi connectivity index (χ1v) is 9.34. The molecular formula is C16H10ClF3N6O3S. The molecule has 1 heterocycles. The molecule has 0 saturated heterocycles. The van der Waals surface area contributed by atoms with E-state index in [4.69, 9.17) is 11.6 Å². The summed E-state index contributed by atoms with van der Waals surface area (Å²) in [6.45, 7) is 0. The van der Waals surface area contributed by atoms with Crippen molar-refractivity contribution in [2.24, 2.45) is 0 Å². The molecule has 0 atom stereocenters. The Kier molecular flexibility index (Phi) is 6.22. The van der Waals surface area contributed by atoms with Gasteiger partial charge in [-0.15, -0.1) is 5.10 Å². The highest BCUT2D eigenvalue weighted by Gasteiger charge is 2.33. The van der Waals surface area contributed by atoms with Gasteiger partial charge >= 0.3 is 6.18 Å². The van der Waals surface area contributed by atoms with Crippen LogP contribution in [0.4, 0.5) is 24.5 Å². The largest absolute Gasteiger partial charge is 0.417 e. The highest BCUT2D eigenvalue weighted by Crippen LogP contribution is 2.36. The first-order valence-electron chi connectivity index (χ1n) is 7.98. The summed E-state index contributed by atoms with van der Waals surface area (Å²) in [6.07, 6.45) is -4.67. The van der Waals surface area contributed by atoms with Crippen LogP contribution in [0.5, 0.6) is 0 Å². The minimum Gasteiger partial charge on any atom is -0.320 e. The highest BCUT2D eigenvalue weighted by molar-refractivity contribution is 7.99. The van der Waals surface area contributed by atoms with E-state index in [0.717, 1.165) is 28.6 Å². The van der Waals surface area contributed by atoms with Crippen LogP contribution in [-0.4, -0.2) is 36.8 Å². The maximum Gasteiger partial charge on any atom is 0.417 e. The molecule has 1 N–H and O–H groups in total. The molecular weight excluding hydrogens is 449 g/mol. The number of anilines is 1. The SMILES string of the molecule is O=C(CSc1nnnn1-c1ccc(Cl)c(C(F)(F)F)c1)Nc1ccccc1[N+](=O)[O-]. The van der Waals surface area contributed by atoms with Crippen molar-refractivity contribution in [2.45, 2.75) is 11.3 Å². The van der Waals surface area contributed by atoms with Crippen LogP contribution in [0, 0.1) is 10.1 Å². The zero-order valence-electron chi connectivity index (χ0n) is 14.6. The molecule has 14 heteroatoms. The number of para-hydroxylation sites is 2. The highest BCUT2D eigenvalue weighted by atomic mass is 35.5. The average molecular weight is 459 g/mol. The maximum atomic E-state index is 13.1. The Morgan fingerprint density at radius 3 is 2.70 bits per heavy atom. The number of halogens is 4. The maximum absolute atomic E-state index is 13.1. The number of benzene rings is 2. The van der Waals surface area contributed by atoms with Crippen LogP contribution >= 0.6 is 23.4 Å². The number of nitro benzene ring substituents is 1. The Balaban J connectivity index is 1.75. The molecule has 3 rings (SSSR count). The van der Waals surface area contributed by atoms with Crippen molar-refractivity contribution in [3.05, 3.63) is 63.2 Å². The molecule has 0 aliphatic rings. The van der Waals surface area contributed by atoms with E-state index in [-0.39, 0.29) is 28.0 Å². The van der Waals surface area contributed by atoms with Gasteiger partial charge in [-0.3, -0.25) is 14.9 Å². The van der Waals surface area contributed by atoms with Crippen molar-refractivity contribution in [3.63, 3.8) is 0 Å². The first-order chi connectivity index (χ1) is 14.2. The number of alkyl halides is 3. The summed E-state index contributed by atoms with van der Waals surface area (Å²) in [7, 11) is 0. The fourth-order valence-corrected chi connectivity index (χ4v) is 3.26. The van der Waals surface area contributed by atoms with E-state index >= 15 is 0 Å². The minimum absolute atomic E-state index is 0.00155. The van der Waals surface area contributed by atoms with Crippen LogP contribution < -0.4 is 5.32 Å². The number of nitrogens with zero attached hydrogens (tertiary/aromatic N) is 5. The monoisotopic (exact) mass is 458 g/mol. The zero-order chi connectivity index (χ0) is 21.9. The van der Waals surface area contributed by atoms with Gasteiger partial charge in [0.2, 0.25) is 11.1 Å². The van der Waals surface area contributed by atoms with Crippen LogP contribution in [0.15, 0.2) is 47.6 Å². The lowest BCUT2D eigenvalue weighted by atomic mass is 10.2. The first kappa shape index (κ1) is 21.5. The van der Waals surface area contributed by atoms with Crippen LogP contribution in [0.1, 0.15) is 5.56 Å². The van der Waals surface area contributed by atoms with Gasteiger partial charge in [0.25, 0.3) is 5.69 Å². The molecule has 0 aliphatic heterocycles. The van der Waals surface area contributed by atoms with Crippen molar-refractivity contribution >= 4 is 40.6 Å². The number of rotatable bonds is 6. The average Bonchev–Trinajstić information content (AvgIpc) is 3.14. The van der Waals surface area contributed by atoms with E-state index in [9.17, 15) is 28.1 Å². The molecule has 0 spiro atoms. The van der Waals surface area contributed by atoms with Gasteiger partial charge in [-0.05, 0) is 34.7 Å². The van der Waals surface area contributed by atoms with Gasteiger partial charge in [0.15, 0.2) is 0 Å². The molecule has 2 aromatic carbocycles. The topological polar surface area (TPSA) is 116 Å². The van der Waals surface area contributed by atoms with Crippen molar-refractivity contribution in [1.29, 1.82) is 0 Å². The summed E-state index contributed by atoms with van der Waals surface area (Å²) < 4.78 is 40.2. The van der Waals surface area contributed by atoms with Crippen LogP contribution in [0.2, 0.25) is 5.02 Å². The molecule has 0 fully saturated rings. The Hall–Kier alpha value is -3.19. The molecule has 30 heavy (non-hydrogen) atoms. The molecule has 3 aromatic rings. The molecule has 1 aromatic heterocycles. The fourth-order valence-electron chi connectivity index (χ4n) is 2.35. The van der Waals surface area contributed by atoms with E-state index in [1.807, 2.05) is 0 Å². The number of nitro groups is 1. The summed E-state index contributed by atoms with van der Waals surface area (Å²) in [5.41, 5.74) is -1.32. The summed E-state index contributed by atoms with van der Waals surface area (Å²) >= 11 is 6.45. The molecule has 156 valence electrons. The van der Waals surface area contributed by atoms with Gasteiger partial charge in [0, 0.05) is 6.07 Å². The normalized spacial score (nSPS) is 11.3. The number of nitrogens with one attached hydrogen (secondary N) is 1. The number of aromatic nitrogens is 4. The van der Waals surface area contributed by atoms with Gasteiger partial charge in [-0.1, -0.05) is 35.5 Å². The number of amides is 1. The number of carbonyl (C=O) groups is 1. The summed E-state index contributed by atoms with van der Waals surface area (Å²) in [6, 6.07) is 8.74. The second kappa shape index (κ2) is 8.67. The lowest BCUT2D eigenvalue weighted by Gasteiger charge is -2.11. The Labute approximate surface area is 175 Å². The summed E-state index contributed by atoms with van der Waals surface area (Å²) in [5.74, 6) is -0.831. The van der Waals surface area contributed by atoms with Crippen molar-refractivity contribution in [1.82, 2.24) is 20.2 Å². The predicted molar refractivity (Wildman–Crippen MR) is 102 cm³/mol. The van der Waals surface area contributed by atoms with Crippen LogP contribution in [-0.2, 0) is 11.0 Å². The number of hydrogen-bond donors (Lipinski definition) is 1. The standard InChI is InChI=1S/C16H10ClF3N6O3S/c17-11-6-5-9(7-10(11)16(18,19)20)25-15(22-23-24-25)30-8-14(27)21-12-3-1-2-4-13(12)26(28)29/h1-7H,8H2,(H,21,27). The van der Waals surface area contributed by atoms with Gasteiger partial charge in [-0.25, -0.2) is 0 Å². The number of thioether (sulfide) groups is 1. The van der Waals surface area contributed by atoms with Gasteiger partial charge in [0.05, 0.1) is 26.9 Å². The lowest BCUT2D eigenvalue weighted by molar-refractivity contribution is -0.383. The summed E-state index contributed by atoms with van der Waals surface area (Å²) in [5, 5.41) is 23.7. The van der Waals surface area contributed by atoms with E-state index in [0.29, 0.717) is 0 Å². The zero-order valence-corrected chi connectivity index (χ0v) is 16.2. The van der Waals surface area contributed by atoms with Gasteiger partial charge < -0.3 is 5.32 Å². The number of tetrazole rings is 1. The minimum atomic E-state index is -4.67. The van der Waals surface area contributed by atoms with Crippen LogP contribution in [0.3, 0.4) is 0 Å². The van der Waals surface area contributed by atoms with Crippen LogP contribution in [0.25, 0.3) is 5.69 Å². The summed E-state index contributed by atoms with van der Waals surface area (Å²) in [4.78, 5) is 22.5. The second-order valence-electron chi connectivity index (χ2n) is 5.65. The third-order valence-corrected chi connectivity index (χ3v) is 4.90. The van der Waals surface area contributed by atoms with Gasteiger partial charge in [0.1, 0.15) is 5.69 Å². The smallest absolute Gasteiger partial charge is 0.320 e. The lowest BCUT2D eigenvalue weighted by Crippen LogP contribution is -2.15. The van der Waals surface area contributed by atoms with Crippen molar-refractivity contribution < 1.29 is 22.9 Å². The molecule has 9 nitrogen and oxygen atoms in total. The van der Waals surface area contributed by atoms with Crippen molar-refractivity contribution in [3.8, 4) is 5.69 Å². The molecule has 1 amide bonds. The van der Waals surface area contributed by atoms with Crippen molar-refractivity contribution in [2.75, 3.05) is 11.1 Å². The third-order valence-electron chi connectivity index (χ3n) is 3.65. The molecule has 0 saturated carbocycles. The Bertz CT molecular complexity index is 1110. The molecule has 0 aliphatic carbocycles. The number of carbonyl (C=O) groups excluding carboxylic acids is 1. The molecule has 0 radical (unpaired) electrons. The van der Waals surface area contributed by atoms with E-state index in [1.54, 1.807) is 0 Å². The molecule has 0 unspecified atom stereocenters. The van der Waals surface area contributed by atoms with E-state index < -0.39 is 27.6 Å². The predicted octanol–water partition coefficient (Wildman–Crippen LogP) is 3.97. The fraction of sp³-hybridized carbons (Fsp3) is 0.125. The Morgan fingerprint density at radius 2 is 2.00 bits per heavy atom.